The molecule has 6 heteroatoms. The Morgan fingerprint density at radius 1 is 1.11 bits per heavy atom. The van der Waals surface area contributed by atoms with Crippen molar-refractivity contribution in [3.8, 4) is 17.3 Å². The summed E-state index contributed by atoms with van der Waals surface area (Å²) in [5.41, 5.74) is 3.98. The van der Waals surface area contributed by atoms with Crippen LogP contribution in [0.4, 0.5) is 5.69 Å². The summed E-state index contributed by atoms with van der Waals surface area (Å²) in [4.78, 5) is 0. The molecular weight excluding hydrogens is 340 g/mol. The zero-order chi connectivity index (χ0) is 19.4. The van der Waals surface area contributed by atoms with Gasteiger partial charge in [-0.05, 0) is 44.5 Å². The van der Waals surface area contributed by atoms with Gasteiger partial charge in [-0.2, -0.15) is 0 Å². The normalized spacial score (nSPS) is 10.9. The molecule has 2 aromatic carbocycles. The lowest BCUT2D eigenvalue weighted by atomic mass is 10.1. The maximum atomic E-state index is 5.93. The quantitative estimate of drug-likeness (QED) is 0.508. The van der Waals surface area contributed by atoms with Crippen LogP contribution in [0.25, 0.3) is 5.69 Å². The minimum absolute atomic E-state index is 0.0881. The molecule has 0 aliphatic carbocycles. The van der Waals surface area contributed by atoms with Crippen LogP contribution in [0.2, 0.25) is 0 Å². The summed E-state index contributed by atoms with van der Waals surface area (Å²) in [7, 11) is 1.82. The van der Waals surface area contributed by atoms with Gasteiger partial charge in [0.25, 0.3) is 0 Å². The van der Waals surface area contributed by atoms with E-state index in [1.54, 1.807) is 9.69 Å². The first kappa shape index (κ1) is 18.8. The van der Waals surface area contributed by atoms with Gasteiger partial charge in [-0.3, -0.25) is 0 Å². The van der Waals surface area contributed by atoms with Gasteiger partial charge in [0, 0.05) is 24.9 Å². The van der Waals surface area contributed by atoms with Crippen LogP contribution in [0, 0.1) is 6.92 Å². The Hall–Kier alpha value is -2.99. The van der Waals surface area contributed by atoms with Gasteiger partial charge in [-0.15, -0.1) is 5.10 Å². The first-order chi connectivity index (χ1) is 13.0. The van der Waals surface area contributed by atoms with Crippen LogP contribution in [0.15, 0.2) is 54.7 Å². The largest absolute Gasteiger partial charge is 0.489 e. The smallest absolute Gasteiger partial charge is 0.233 e. The number of rotatable bonds is 7. The summed E-state index contributed by atoms with van der Waals surface area (Å²) < 4.78 is 13.6. The fourth-order valence-corrected chi connectivity index (χ4v) is 2.87. The lowest BCUT2D eigenvalue weighted by Crippen LogP contribution is -2.26. The Morgan fingerprint density at radius 2 is 1.89 bits per heavy atom. The highest BCUT2D eigenvalue weighted by Gasteiger charge is 2.12. The summed E-state index contributed by atoms with van der Waals surface area (Å²) in [6.45, 7) is 6.44. The zero-order valence-corrected chi connectivity index (χ0v) is 16.2. The second-order valence-corrected chi connectivity index (χ2v) is 6.71. The second kappa shape index (κ2) is 8.14. The van der Waals surface area contributed by atoms with Crippen LogP contribution in [0.1, 0.15) is 25.0 Å². The number of anilines is 1. The van der Waals surface area contributed by atoms with Crippen LogP contribution in [0.3, 0.4) is 0 Å². The molecule has 0 saturated carbocycles. The topological polar surface area (TPSA) is 65.5 Å². The Morgan fingerprint density at radius 3 is 2.63 bits per heavy atom. The number of ether oxygens (including phenoxy) is 2. The molecule has 0 atom stereocenters. The molecule has 1 aromatic heterocycles. The van der Waals surface area contributed by atoms with E-state index in [1.807, 2.05) is 82.5 Å². The van der Waals surface area contributed by atoms with Crippen molar-refractivity contribution in [2.24, 2.45) is 5.84 Å². The third kappa shape index (κ3) is 4.41. The van der Waals surface area contributed by atoms with Crippen molar-refractivity contribution in [1.29, 1.82) is 0 Å². The van der Waals surface area contributed by atoms with Gasteiger partial charge >= 0.3 is 0 Å². The molecule has 6 nitrogen and oxygen atoms in total. The monoisotopic (exact) mass is 366 g/mol. The Kier molecular flexibility index (Phi) is 5.66. The van der Waals surface area contributed by atoms with E-state index in [9.17, 15) is 0 Å². The number of hydrogen-bond acceptors (Lipinski definition) is 5. The molecule has 0 saturated heterocycles. The average molecular weight is 366 g/mol. The molecule has 0 aliphatic heterocycles. The van der Waals surface area contributed by atoms with E-state index in [2.05, 4.69) is 5.10 Å². The number of aryl methyl sites for hydroxylation is 1. The van der Waals surface area contributed by atoms with Crippen molar-refractivity contribution >= 4 is 5.69 Å². The molecule has 0 aliphatic rings. The minimum atomic E-state index is 0.0881. The van der Waals surface area contributed by atoms with Crippen molar-refractivity contribution < 1.29 is 9.47 Å². The second-order valence-electron chi connectivity index (χ2n) is 6.71. The van der Waals surface area contributed by atoms with Crippen LogP contribution in [0.5, 0.6) is 11.6 Å². The zero-order valence-electron chi connectivity index (χ0n) is 16.2. The highest BCUT2D eigenvalue weighted by molar-refractivity contribution is 5.55. The lowest BCUT2D eigenvalue weighted by molar-refractivity contribution is 0.241. The Bertz CT molecular complexity index is 903. The third-order valence-electron chi connectivity index (χ3n) is 4.17. The molecule has 3 aromatic rings. The molecular formula is C21H26N4O2. The Balaban J connectivity index is 1.79. The fourth-order valence-electron chi connectivity index (χ4n) is 2.87. The number of benzene rings is 2. The Labute approximate surface area is 160 Å². The minimum Gasteiger partial charge on any atom is -0.489 e. The summed E-state index contributed by atoms with van der Waals surface area (Å²) >= 11 is 0. The predicted octanol–water partition coefficient (Wildman–Crippen LogP) is 3.86. The van der Waals surface area contributed by atoms with E-state index < -0.39 is 0 Å². The highest BCUT2D eigenvalue weighted by atomic mass is 16.5. The molecule has 0 amide bonds. The standard InChI is InChI=1S/C21H26N4O2/c1-15(2)27-20-11-6-5-9-19(20)25-13-12-21(23-25)26-14-17-16(3)8-7-10-18(17)24(4)22/h5-13,15H,14,22H2,1-4H3. The average Bonchev–Trinajstić information content (AvgIpc) is 3.09. The highest BCUT2D eigenvalue weighted by Crippen LogP contribution is 2.26. The van der Waals surface area contributed by atoms with Crippen molar-refractivity contribution in [2.75, 3.05) is 12.1 Å². The van der Waals surface area contributed by atoms with Gasteiger partial charge in [-0.25, -0.2) is 10.5 Å². The number of hydrazine groups is 1. The predicted molar refractivity (Wildman–Crippen MR) is 107 cm³/mol. The molecule has 142 valence electrons. The molecule has 0 radical (unpaired) electrons. The molecule has 27 heavy (non-hydrogen) atoms. The molecule has 0 unspecified atom stereocenters. The number of aromatic nitrogens is 2. The number of hydrogen-bond donors (Lipinski definition) is 1. The SMILES string of the molecule is Cc1cccc(N(C)N)c1COc1ccn(-c2ccccc2OC(C)C)n1. The number of nitrogens with two attached hydrogens (primary N) is 1. The third-order valence-corrected chi connectivity index (χ3v) is 4.17. The van der Waals surface area contributed by atoms with Gasteiger partial charge in [0.05, 0.1) is 11.8 Å². The van der Waals surface area contributed by atoms with Gasteiger partial charge in [-0.1, -0.05) is 24.3 Å². The van der Waals surface area contributed by atoms with Gasteiger partial charge in [0.1, 0.15) is 18.0 Å². The summed E-state index contributed by atoms with van der Waals surface area (Å²) in [5.74, 6) is 7.26. The molecule has 3 rings (SSSR count). The molecule has 0 fully saturated rings. The van der Waals surface area contributed by atoms with Gasteiger partial charge < -0.3 is 14.5 Å². The summed E-state index contributed by atoms with van der Waals surface area (Å²) in [5, 5.41) is 6.14. The van der Waals surface area contributed by atoms with Crippen molar-refractivity contribution in [3.05, 3.63) is 65.9 Å². The molecule has 2 N–H and O–H groups in total. The van der Waals surface area contributed by atoms with E-state index in [1.165, 1.54) is 0 Å². The first-order valence-corrected chi connectivity index (χ1v) is 8.97. The number of nitrogens with zero attached hydrogens (tertiary/aromatic N) is 3. The summed E-state index contributed by atoms with van der Waals surface area (Å²) in [6, 6.07) is 15.7. The fraction of sp³-hybridized carbons (Fsp3) is 0.286. The maximum absolute atomic E-state index is 5.93. The van der Waals surface area contributed by atoms with Crippen LogP contribution in [-0.4, -0.2) is 22.9 Å². The van der Waals surface area contributed by atoms with E-state index in [4.69, 9.17) is 15.3 Å². The van der Waals surface area contributed by atoms with E-state index in [0.29, 0.717) is 12.5 Å². The van der Waals surface area contributed by atoms with Crippen molar-refractivity contribution in [1.82, 2.24) is 9.78 Å². The van der Waals surface area contributed by atoms with Crippen molar-refractivity contribution in [2.45, 2.75) is 33.5 Å². The van der Waals surface area contributed by atoms with Crippen LogP contribution < -0.4 is 20.3 Å². The van der Waals surface area contributed by atoms with Gasteiger partial charge in [0.15, 0.2) is 0 Å². The van der Waals surface area contributed by atoms with Gasteiger partial charge in [0.2, 0.25) is 5.88 Å². The first-order valence-electron chi connectivity index (χ1n) is 8.97. The van der Waals surface area contributed by atoms with E-state index >= 15 is 0 Å². The van der Waals surface area contributed by atoms with E-state index in [0.717, 1.165) is 28.3 Å². The summed E-state index contributed by atoms with van der Waals surface area (Å²) in [6.07, 6.45) is 1.95. The number of para-hydroxylation sites is 2. The van der Waals surface area contributed by atoms with Crippen LogP contribution in [-0.2, 0) is 6.61 Å². The van der Waals surface area contributed by atoms with Crippen molar-refractivity contribution in [3.63, 3.8) is 0 Å². The lowest BCUT2D eigenvalue weighted by Gasteiger charge is -2.18. The van der Waals surface area contributed by atoms with E-state index in [-0.39, 0.29) is 6.10 Å². The maximum Gasteiger partial charge on any atom is 0.233 e. The molecule has 0 bridgehead atoms. The molecule has 0 spiro atoms. The molecule has 1 heterocycles. The van der Waals surface area contributed by atoms with Crippen LogP contribution >= 0.6 is 0 Å².